The molecule has 2 unspecified atom stereocenters. The minimum absolute atomic E-state index is 0.380. The van der Waals surface area contributed by atoms with Crippen LogP contribution in [-0.2, 0) is 9.53 Å². The molecular weight excluding hydrogens is 479 g/mol. The topological polar surface area (TPSA) is 66.5 Å². The van der Waals surface area contributed by atoms with E-state index in [0.29, 0.717) is 50.3 Å². The molecule has 2 aliphatic heterocycles. The number of alkyl halides is 1. The van der Waals surface area contributed by atoms with Crippen LogP contribution in [0.2, 0.25) is 5.02 Å². The van der Waals surface area contributed by atoms with Gasteiger partial charge in [-0.3, -0.25) is 9.78 Å². The van der Waals surface area contributed by atoms with Gasteiger partial charge in [0.05, 0.1) is 12.3 Å². The Morgan fingerprint density at radius 1 is 1.19 bits per heavy atom. The standard InChI is InChI=1S/C21H25ClFN3.C7H13NO2/c1-26-10-8-21(23,9-11-26)14-25-20-12-18(20)16-4-7-19(24-13-16)15-2-5-17(22)6-3-15;9-6-10-5-7-1-3-8-4-2-7/h2-7,13,18,20,25H,8-12,14H2,1H3;6-8H,1-5H2. The maximum atomic E-state index is 14.8. The van der Waals surface area contributed by atoms with Crippen molar-refractivity contribution in [3.05, 3.63) is 53.2 Å². The van der Waals surface area contributed by atoms with Crippen LogP contribution < -0.4 is 10.6 Å². The molecule has 6 nitrogen and oxygen atoms in total. The molecule has 1 aromatic carbocycles. The van der Waals surface area contributed by atoms with Gasteiger partial charge in [-0.2, -0.15) is 0 Å². The predicted octanol–water partition coefficient (Wildman–Crippen LogP) is 4.44. The maximum Gasteiger partial charge on any atom is 0.293 e. The zero-order valence-corrected chi connectivity index (χ0v) is 21.9. The fraction of sp³-hybridized carbons (Fsp3) is 0.571. The summed E-state index contributed by atoms with van der Waals surface area (Å²) in [6.07, 6.45) is 6.55. The van der Waals surface area contributed by atoms with Crippen LogP contribution >= 0.6 is 11.6 Å². The van der Waals surface area contributed by atoms with Gasteiger partial charge in [-0.1, -0.05) is 29.8 Å². The van der Waals surface area contributed by atoms with Crippen LogP contribution in [0.1, 0.15) is 43.6 Å². The third kappa shape index (κ3) is 7.97. The van der Waals surface area contributed by atoms with Crippen LogP contribution in [0.25, 0.3) is 11.3 Å². The Balaban J connectivity index is 0.000000256. The second-order valence-electron chi connectivity index (χ2n) is 10.4. The molecule has 0 bridgehead atoms. The lowest BCUT2D eigenvalue weighted by molar-refractivity contribution is -0.130. The highest BCUT2D eigenvalue weighted by atomic mass is 35.5. The fourth-order valence-electron chi connectivity index (χ4n) is 4.94. The van der Waals surface area contributed by atoms with Crippen LogP contribution in [0.4, 0.5) is 4.39 Å². The van der Waals surface area contributed by atoms with E-state index in [1.807, 2.05) is 30.5 Å². The minimum Gasteiger partial charge on any atom is -0.468 e. The van der Waals surface area contributed by atoms with Crippen molar-refractivity contribution in [1.29, 1.82) is 0 Å². The summed E-state index contributed by atoms with van der Waals surface area (Å²) in [7, 11) is 2.06. The molecule has 5 rings (SSSR count). The van der Waals surface area contributed by atoms with Crippen LogP contribution in [0.3, 0.4) is 0 Å². The van der Waals surface area contributed by atoms with Crippen LogP contribution in [0.5, 0.6) is 0 Å². The molecule has 8 heteroatoms. The van der Waals surface area contributed by atoms with E-state index < -0.39 is 5.67 Å². The second kappa shape index (κ2) is 13.0. The smallest absolute Gasteiger partial charge is 0.293 e. The molecule has 196 valence electrons. The fourth-order valence-corrected chi connectivity index (χ4v) is 5.06. The number of rotatable bonds is 8. The molecule has 2 atom stereocenters. The first-order chi connectivity index (χ1) is 17.5. The van der Waals surface area contributed by atoms with Gasteiger partial charge in [-0.05, 0) is 81.9 Å². The number of pyridine rings is 1. The first-order valence-corrected chi connectivity index (χ1v) is 13.4. The van der Waals surface area contributed by atoms with Gasteiger partial charge in [-0.15, -0.1) is 0 Å². The molecule has 2 saturated heterocycles. The third-order valence-electron chi connectivity index (χ3n) is 7.57. The number of nitrogens with zero attached hydrogens (tertiary/aromatic N) is 2. The summed E-state index contributed by atoms with van der Waals surface area (Å²) in [5, 5.41) is 7.42. The number of piperidine rings is 2. The number of carbonyl (C=O) groups excluding carboxylic acids is 1. The molecule has 1 saturated carbocycles. The molecule has 0 amide bonds. The summed E-state index contributed by atoms with van der Waals surface area (Å²) in [5.74, 6) is 1.04. The van der Waals surface area contributed by atoms with Crippen molar-refractivity contribution in [2.45, 2.75) is 49.7 Å². The predicted molar refractivity (Wildman–Crippen MR) is 142 cm³/mol. The van der Waals surface area contributed by atoms with Gasteiger partial charge in [0.2, 0.25) is 0 Å². The lowest BCUT2D eigenvalue weighted by atomic mass is 9.93. The van der Waals surface area contributed by atoms with Gasteiger partial charge >= 0.3 is 0 Å². The van der Waals surface area contributed by atoms with Crippen molar-refractivity contribution < 1.29 is 13.9 Å². The van der Waals surface area contributed by atoms with E-state index in [4.69, 9.17) is 11.6 Å². The quantitative estimate of drug-likeness (QED) is 0.506. The second-order valence-corrected chi connectivity index (χ2v) is 10.8. The summed E-state index contributed by atoms with van der Waals surface area (Å²) in [6, 6.07) is 12.3. The minimum atomic E-state index is -1.05. The van der Waals surface area contributed by atoms with Crippen LogP contribution in [0, 0.1) is 5.92 Å². The van der Waals surface area contributed by atoms with Crippen molar-refractivity contribution in [1.82, 2.24) is 20.5 Å². The largest absolute Gasteiger partial charge is 0.468 e. The zero-order chi connectivity index (χ0) is 25.4. The van der Waals surface area contributed by atoms with Gasteiger partial charge in [0, 0.05) is 48.4 Å². The average Bonchev–Trinajstić information content (AvgIpc) is 3.70. The van der Waals surface area contributed by atoms with Crippen LogP contribution in [0.15, 0.2) is 42.6 Å². The Hall–Kier alpha value is -2.06. The molecule has 1 aromatic heterocycles. The van der Waals surface area contributed by atoms with Crippen molar-refractivity contribution in [3.8, 4) is 11.3 Å². The Labute approximate surface area is 219 Å². The summed E-state index contributed by atoms with van der Waals surface area (Å²) < 4.78 is 19.5. The molecule has 2 aromatic rings. The number of aromatic nitrogens is 1. The van der Waals surface area contributed by atoms with E-state index in [1.165, 1.54) is 5.56 Å². The molecule has 3 heterocycles. The molecule has 0 spiro atoms. The molecule has 2 N–H and O–H groups in total. The highest BCUT2D eigenvalue weighted by Gasteiger charge is 2.41. The zero-order valence-electron chi connectivity index (χ0n) is 21.1. The van der Waals surface area contributed by atoms with Gasteiger partial charge in [0.15, 0.2) is 0 Å². The van der Waals surface area contributed by atoms with Gasteiger partial charge in [0.25, 0.3) is 6.47 Å². The summed E-state index contributed by atoms with van der Waals surface area (Å²) in [4.78, 5) is 16.6. The number of carbonyl (C=O) groups is 1. The first-order valence-electron chi connectivity index (χ1n) is 13.0. The van der Waals surface area contributed by atoms with E-state index in [-0.39, 0.29) is 0 Å². The Bertz CT molecular complexity index is 945. The van der Waals surface area contributed by atoms with Crippen molar-refractivity contribution >= 4 is 18.1 Å². The summed E-state index contributed by atoms with van der Waals surface area (Å²) >= 11 is 5.94. The highest BCUT2D eigenvalue weighted by molar-refractivity contribution is 6.30. The Morgan fingerprint density at radius 2 is 1.92 bits per heavy atom. The average molecular weight is 517 g/mol. The van der Waals surface area contributed by atoms with E-state index >= 15 is 0 Å². The molecule has 0 radical (unpaired) electrons. The van der Waals surface area contributed by atoms with Crippen molar-refractivity contribution in [3.63, 3.8) is 0 Å². The number of ether oxygens (including phenoxy) is 1. The number of halogens is 2. The van der Waals surface area contributed by atoms with Crippen molar-refractivity contribution in [2.75, 3.05) is 46.4 Å². The number of hydrogen-bond acceptors (Lipinski definition) is 6. The normalized spacial score (nSPS) is 23.9. The Kier molecular flexibility index (Phi) is 9.71. The molecular formula is C28H38ClFN4O2. The number of likely N-dealkylation sites (tertiary alicyclic amines) is 1. The Morgan fingerprint density at radius 3 is 2.56 bits per heavy atom. The summed E-state index contributed by atoms with van der Waals surface area (Å²) in [5.41, 5.74) is 2.20. The van der Waals surface area contributed by atoms with E-state index in [2.05, 4.69) is 44.4 Å². The lowest BCUT2D eigenvalue weighted by Crippen LogP contribution is -2.46. The third-order valence-corrected chi connectivity index (χ3v) is 7.82. The van der Waals surface area contributed by atoms with E-state index in [9.17, 15) is 9.18 Å². The highest BCUT2D eigenvalue weighted by Crippen LogP contribution is 2.41. The maximum absolute atomic E-state index is 14.8. The summed E-state index contributed by atoms with van der Waals surface area (Å²) in [6.45, 7) is 5.43. The van der Waals surface area contributed by atoms with Crippen LogP contribution in [-0.4, -0.2) is 74.4 Å². The molecule has 36 heavy (non-hydrogen) atoms. The number of benzene rings is 1. The molecule has 3 fully saturated rings. The monoisotopic (exact) mass is 516 g/mol. The SMILES string of the molecule is CN1CCC(F)(CNC2CC2c2ccc(-c3ccc(Cl)cc3)nc2)CC1.O=COCC1CCNCC1. The van der Waals surface area contributed by atoms with E-state index in [1.54, 1.807) is 0 Å². The number of nitrogens with one attached hydrogen (secondary N) is 2. The number of hydrogen-bond donors (Lipinski definition) is 2. The van der Waals surface area contributed by atoms with Gasteiger partial charge in [-0.25, -0.2) is 4.39 Å². The first kappa shape index (κ1) is 27.0. The molecule has 3 aliphatic rings. The van der Waals surface area contributed by atoms with Gasteiger partial charge in [0.1, 0.15) is 5.67 Å². The van der Waals surface area contributed by atoms with Crippen molar-refractivity contribution in [2.24, 2.45) is 5.92 Å². The lowest BCUT2D eigenvalue weighted by Gasteiger charge is -2.34. The molecule has 1 aliphatic carbocycles. The van der Waals surface area contributed by atoms with Gasteiger partial charge < -0.3 is 20.3 Å². The van der Waals surface area contributed by atoms with E-state index in [0.717, 1.165) is 61.7 Å².